The van der Waals surface area contributed by atoms with Crippen molar-refractivity contribution >= 4 is 55.5 Å². The first kappa shape index (κ1) is 14.9. The lowest BCUT2D eigenvalue weighted by atomic mass is 10.0. The minimum absolute atomic E-state index is 0.680. The molecule has 128 valence electrons. The molecule has 0 radical (unpaired) electrons. The van der Waals surface area contributed by atoms with Gasteiger partial charge < -0.3 is 8.83 Å². The van der Waals surface area contributed by atoms with Crippen LogP contribution < -0.4 is 0 Å². The van der Waals surface area contributed by atoms with Crippen molar-refractivity contribution in [3.63, 3.8) is 0 Å². The van der Waals surface area contributed by atoms with Gasteiger partial charge in [0, 0.05) is 32.6 Å². The highest BCUT2D eigenvalue weighted by Crippen LogP contribution is 2.36. The molecule has 6 rings (SSSR count). The molecule has 0 spiro atoms. The summed E-state index contributed by atoms with van der Waals surface area (Å²) in [5.74, 6) is 0. The monoisotopic (exact) mass is 368 g/mol. The molecule has 0 amide bonds. The van der Waals surface area contributed by atoms with E-state index in [1.54, 1.807) is 0 Å². The Morgan fingerprint density at radius 1 is 0.481 bits per heavy atom. The highest BCUT2D eigenvalue weighted by Gasteiger charge is 2.11. The first-order valence-corrected chi connectivity index (χ1v) is 9.17. The average molecular weight is 369 g/mol. The Kier molecular flexibility index (Phi) is 2.97. The molecule has 3 heteroatoms. The van der Waals surface area contributed by atoms with E-state index in [9.17, 15) is 0 Å². The second-order valence-corrected chi connectivity index (χ2v) is 7.20. The van der Waals surface area contributed by atoms with Crippen LogP contribution >= 0.6 is 11.6 Å². The van der Waals surface area contributed by atoms with Gasteiger partial charge in [0.05, 0.1) is 0 Å². The van der Waals surface area contributed by atoms with Gasteiger partial charge in [-0.25, -0.2) is 0 Å². The van der Waals surface area contributed by atoms with E-state index in [0.29, 0.717) is 5.02 Å². The van der Waals surface area contributed by atoms with E-state index in [0.717, 1.165) is 55.0 Å². The molecule has 27 heavy (non-hydrogen) atoms. The van der Waals surface area contributed by atoms with Gasteiger partial charge in [0.25, 0.3) is 0 Å². The Labute approximate surface area is 159 Å². The van der Waals surface area contributed by atoms with Gasteiger partial charge in [-0.3, -0.25) is 0 Å². The van der Waals surface area contributed by atoms with Crippen LogP contribution in [0.3, 0.4) is 0 Å². The number of hydrogen-bond acceptors (Lipinski definition) is 2. The fourth-order valence-electron chi connectivity index (χ4n) is 3.84. The van der Waals surface area contributed by atoms with Gasteiger partial charge in [0.1, 0.15) is 22.3 Å². The fourth-order valence-corrected chi connectivity index (χ4v) is 4.00. The van der Waals surface area contributed by atoms with Gasteiger partial charge in [-0.15, -0.1) is 0 Å². The van der Waals surface area contributed by atoms with Gasteiger partial charge in [-0.2, -0.15) is 0 Å². The van der Waals surface area contributed by atoms with E-state index >= 15 is 0 Å². The van der Waals surface area contributed by atoms with Crippen LogP contribution in [0.2, 0.25) is 5.02 Å². The first-order valence-electron chi connectivity index (χ1n) is 8.80. The number of rotatable bonds is 1. The van der Waals surface area contributed by atoms with Crippen LogP contribution in [0.4, 0.5) is 0 Å². The Morgan fingerprint density at radius 2 is 1.07 bits per heavy atom. The molecule has 2 nitrogen and oxygen atoms in total. The summed E-state index contributed by atoms with van der Waals surface area (Å²) in [5.41, 5.74) is 5.80. The fraction of sp³-hybridized carbons (Fsp3) is 0. The predicted molar refractivity (Wildman–Crippen MR) is 111 cm³/mol. The van der Waals surface area contributed by atoms with Crippen LogP contribution in [-0.2, 0) is 0 Å². The summed E-state index contributed by atoms with van der Waals surface area (Å²) in [7, 11) is 0. The van der Waals surface area contributed by atoms with Gasteiger partial charge in [-0.1, -0.05) is 41.9 Å². The third-order valence-corrected chi connectivity index (χ3v) is 5.38. The Hall–Kier alpha value is -3.23. The molecule has 0 aliphatic rings. The largest absolute Gasteiger partial charge is 0.456 e. The third-order valence-electron chi connectivity index (χ3n) is 5.14. The van der Waals surface area contributed by atoms with E-state index in [4.69, 9.17) is 20.4 Å². The maximum atomic E-state index is 6.10. The molecule has 0 aliphatic carbocycles. The molecule has 0 saturated heterocycles. The zero-order valence-corrected chi connectivity index (χ0v) is 15.0. The molecular formula is C24H13ClO2. The van der Waals surface area contributed by atoms with Crippen LogP contribution in [0.25, 0.3) is 55.0 Å². The summed E-state index contributed by atoms with van der Waals surface area (Å²) in [6.45, 7) is 0. The minimum atomic E-state index is 0.680. The highest BCUT2D eigenvalue weighted by atomic mass is 35.5. The average Bonchev–Trinajstić information content (AvgIpc) is 3.24. The van der Waals surface area contributed by atoms with Gasteiger partial charge in [0.2, 0.25) is 0 Å². The van der Waals surface area contributed by atoms with Crippen molar-refractivity contribution < 1.29 is 8.83 Å². The topological polar surface area (TPSA) is 26.3 Å². The summed E-state index contributed by atoms with van der Waals surface area (Å²) < 4.78 is 11.9. The third kappa shape index (κ3) is 2.20. The number of fused-ring (bicyclic) bond motifs is 6. The van der Waals surface area contributed by atoms with Crippen LogP contribution in [0, 0.1) is 0 Å². The maximum Gasteiger partial charge on any atom is 0.136 e. The molecule has 0 bridgehead atoms. The van der Waals surface area contributed by atoms with Crippen molar-refractivity contribution in [1.29, 1.82) is 0 Å². The molecule has 0 atom stereocenters. The Morgan fingerprint density at radius 3 is 1.81 bits per heavy atom. The molecule has 0 aliphatic heterocycles. The number of furan rings is 2. The summed E-state index contributed by atoms with van der Waals surface area (Å²) >= 11 is 6.10. The lowest BCUT2D eigenvalue weighted by Crippen LogP contribution is -1.78. The molecule has 6 aromatic rings. The van der Waals surface area contributed by atoms with E-state index in [1.807, 2.05) is 48.5 Å². The molecule has 0 unspecified atom stereocenters. The first-order chi connectivity index (χ1) is 13.3. The number of hydrogen-bond donors (Lipinski definition) is 0. The minimum Gasteiger partial charge on any atom is -0.456 e. The summed E-state index contributed by atoms with van der Waals surface area (Å²) in [6, 6.07) is 26.6. The van der Waals surface area contributed by atoms with Crippen LogP contribution in [0.1, 0.15) is 0 Å². The number of benzene rings is 4. The van der Waals surface area contributed by atoms with E-state index < -0.39 is 0 Å². The summed E-state index contributed by atoms with van der Waals surface area (Å²) in [4.78, 5) is 0. The van der Waals surface area contributed by atoms with Crippen molar-refractivity contribution in [1.82, 2.24) is 0 Å². The van der Waals surface area contributed by atoms with Crippen molar-refractivity contribution in [2.24, 2.45) is 0 Å². The predicted octanol–water partition coefficient (Wildman–Crippen LogP) is 7.81. The lowest BCUT2D eigenvalue weighted by Gasteiger charge is -2.02. The molecule has 2 heterocycles. The molecule has 0 N–H and O–H groups in total. The van der Waals surface area contributed by atoms with E-state index in [2.05, 4.69) is 30.3 Å². The van der Waals surface area contributed by atoms with Crippen molar-refractivity contribution in [2.75, 3.05) is 0 Å². The quantitative estimate of drug-likeness (QED) is 0.296. The standard InChI is InChI=1S/C24H13ClO2/c25-16-7-8-18-20-12-15(6-10-23(20)27-24(18)13-16)14-5-9-22-19(11-14)17-3-1-2-4-21(17)26-22/h1-13H. The van der Waals surface area contributed by atoms with Crippen molar-refractivity contribution in [3.05, 3.63) is 83.9 Å². The Bertz CT molecular complexity index is 1490. The van der Waals surface area contributed by atoms with E-state index in [1.165, 1.54) is 0 Å². The molecular weight excluding hydrogens is 356 g/mol. The van der Waals surface area contributed by atoms with Gasteiger partial charge in [0.15, 0.2) is 0 Å². The lowest BCUT2D eigenvalue weighted by molar-refractivity contribution is 0.668. The van der Waals surface area contributed by atoms with Gasteiger partial charge >= 0.3 is 0 Å². The second kappa shape index (κ2) is 5.38. The smallest absolute Gasteiger partial charge is 0.136 e. The zero-order chi connectivity index (χ0) is 18.0. The van der Waals surface area contributed by atoms with E-state index in [-0.39, 0.29) is 0 Å². The SMILES string of the molecule is Clc1ccc2c(c1)oc1ccc(-c3ccc4oc5ccccc5c4c3)cc12. The van der Waals surface area contributed by atoms with Crippen LogP contribution in [-0.4, -0.2) is 0 Å². The molecule has 4 aromatic carbocycles. The maximum absolute atomic E-state index is 6.10. The second-order valence-electron chi connectivity index (χ2n) is 6.76. The van der Waals surface area contributed by atoms with Crippen LogP contribution in [0.15, 0.2) is 87.7 Å². The number of para-hydroxylation sites is 1. The summed E-state index contributed by atoms with van der Waals surface area (Å²) in [6.07, 6.45) is 0. The van der Waals surface area contributed by atoms with Crippen LogP contribution in [0.5, 0.6) is 0 Å². The summed E-state index contributed by atoms with van der Waals surface area (Å²) in [5, 5.41) is 5.12. The van der Waals surface area contributed by atoms with Crippen molar-refractivity contribution in [2.45, 2.75) is 0 Å². The van der Waals surface area contributed by atoms with Crippen molar-refractivity contribution in [3.8, 4) is 11.1 Å². The molecule has 0 saturated carbocycles. The molecule has 2 aromatic heterocycles. The Balaban J connectivity index is 1.60. The molecule has 0 fully saturated rings. The van der Waals surface area contributed by atoms with Gasteiger partial charge in [-0.05, 0) is 53.6 Å². The zero-order valence-electron chi connectivity index (χ0n) is 14.2. The normalized spacial score (nSPS) is 11.9. The number of halogens is 1. The highest BCUT2D eigenvalue weighted by molar-refractivity contribution is 6.31.